The molecule has 0 fully saturated rings. The lowest BCUT2D eigenvalue weighted by molar-refractivity contribution is -0.192. The van der Waals surface area contributed by atoms with Crippen molar-refractivity contribution in [2.45, 2.75) is 45.8 Å². The first kappa shape index (κ1) is 38.0. The summed E-state index contributed by atoms with van der Waals surface area (Å²) in [6, 6.07) is 6.42. The lowest BCUT2D eigenvalue weighted by atomic mass is 9.83. The third-order valence-corrected chi connectivity index (χ3v) is 6.86. The van der Waals surface area contributed by atoms with E-state index in [1.807, 2.05) is 27.7 Å². The second kappa shape index (κ2) is 15.0. The Labute approximate surface area is 268 Å². The maximum atomic E-state index is 13.6. The van der Waals surface area contributed by atoms with Crippen molar-refractivity contribution in [3.63, 3.8) is 0 Å². The molecule has 2 amide bonds. The summed E-state index contributed by atoms with van der Waals surface area (Å²) in [5.74, 6) is -4.42. The molecule has 0 spiro atoms. The van der Waals surface area contributed by atoms with Gasteiger partial charge in [0.15, 0.2) is 5.78 Å². The van der Waals surface area contributed by atoms with Crippen LogP contribution in [0.15, 0.2) is 24.3 Å². The Balaban J connectivity index is 0.000000984. The number of carbonyl (C=O) groups excluding carboxylic acids is 3. The van der Waals surface area contributed by atoms with E-state index in [0.717, 1.165) is 10.5 Å². The van der Waals surface area contributed by atoms with E-state index in [1.165, 1.54) is 27.3 Å². The van der Waals surface area contributed by atoms with Crippen LogP contribution in [0.2, 0.25) is 0 Å². The predicted octanol–water partition coefficient (Wildman–Crippen LogP) is 3.56. The van der Waals surface area contributed by atoms with Gasteiger partial charge >= 0.3 is 18.1 Å². The molecule has 0 unspecified atom stereocenters. The third kappa shape index (κ3) is 9.20. The van der Waals surface area contributed by atoms with Crippen molar-refractivity contribution in [2.24, 2.45) is 0 Å². The first-order chi connectivity index (χ1) is 21.7. The molecular weight excluding hydrogens is 629 g/mol. The number of halogens is 3. The number of alkyl halides is 3. The molecule has 0 aromatic heterocycles. The number of nitrogens with one attached hydrogen (secondary N) is 2. The quantitative estimate of drug-likeness (QED) is 0.273. The summed E-state index contributed by atoms with van der Waals surface area (Å²) in [7, 11) is 4.31. The number of likely N-dealkylation sites (N-methyl/N-ethyl adjacent to an activating group) is 1. The average Bonchev–Trinajstić information content (AvgIpc) is 3.27. The van der Waals surface area contributed by atoms with E-state index in [9.17, 15) is 32.3 Å². The van der Waals surface area contributed by atoms with Gasteiger partial charge in [0.25, 0.3) is 11.8 Å². The van der Waals surface area contributed by atoms with E-state index < -0.39 is 36.0 Å². The number of carboxylic acid groups (broad SMARTS) is 2. The number of hydrogen-bond acceptors (Lipinski definition) is 8. The second-order valence-electron chi connectivity index (χ2n) is 11.4. The molecule has 256 valence electrons. The third-order valence-electron chi connectivity index (χ3n) is 6.86. The van der Waals surface area contributed by atoms with E-state index >= 15 is 0 Å². The number of aliphatic carboxylic acids is 2. The fourth-order valence-electron chi connectivity index (χ4n) is 4.62. The number of methoxy groups -OCH3 is 1. The van der Waals surface area contributed by atoms with Crippen LogP contribution in [-0.4, -0.2) is 102 Å². The Hall–Kier alpha value is -5.15. The normalized spacial score (nSPS) is 12.4. The van der Waals surface area contributed by atoms with Crippen molar-refractivity contribution in [3.8, 4) is 11.5 Å². The molecule has 47 heavy (non-hydrogen) atoms. The number of carboxylic acids is 2. The molecule has 0 aliphatic carbocycles. The molecule has 2 aromatic carbocycles. The molecule has 1 aliphatic rings. The van der Waals surface area contributed by atoms with Crippen LogP contribution in [0.5, 0.6) is 11.5 Å². The van der Waals surface area contributed by atoms with Gasteiger partial charge in [-0.05, 0) is 42.2 Å². The standard InChI is InChI=1S/C29H36N4O7.C2HF3O2/c1-8-40-23-11-17-13-33(26(30)18(17)12-19(23)27(37)31-5)14-22(34)16-9-20(28(38)32(6)15-24(35)36)25(39-7)21(10-16)29(2,3)4;3-2(4,5)1(6)7/h9-12,30H,8,13-15H2,1-7H3,(H,31,37)(H,35,36);(H,6,7). The molecule has 1 heterocycles. The fraction of sp³-hybridized carbons (Fsp3) is 0.419. The van der Waals surface area contributed by atoms with Gasteiger partial charge in [0.05, 0.1) is 31.4 Å². The van der Waals surface area contributed by atoms with Crippen LogP contribution in [0.3, 0.4) is 0 Å². The lowest BCUT2D eigenvalue weighted by Crippen LogP contribution is -2.33. The maximum Gasteiger partial charge on any atom is 0.490 e. The SMILES string of the molecule is CCOc1cc2c(cc1C(=O)NC)C(=N)N(CC(=O)c1cc(C(=O)N(C)CC(=O)O)c(OC)c(C(C)(C)C)c1)C2.O=C(O)C(F)(F)F. The van der Waals surface area contributed by atoms with Gasteiger partial charge in [0, 0.05) is 37.3 Å². The molecule has 0 atom stereocenters. The topological polar surface area (TPSA) is 187 Å². The zero-order chi connectivity index (χ0) is 36.0. The second-order valence-corrected chi connectivity index (χ2v) is 11.4. The highest BCUT2D eigenvalue weighted by molar-refractivity contribution is 6.08. The minimum atomic E-state index is -5.08. The molecule has 0 bridgehead atoms. The van der Waals surface area contributed by atoms with Crippen LogP contribution < -0.4 is 14.8 Å². The monoisotopic (exact) mass is 666 g/mol. The Kier molecular flexibility index (Phi) is 12.1. The number of benzene rings is 2. The van der Waals surface area contributed by atoms with Crippen LogP contribution >= 0.6 is 0 Å². The van der Waals surface area contributed by atoms with E-state index in [2.05, 4.69) is 5.32 Å². The molecule has 16 heteroatoms. The molecule has 0 saturated carbocycles. The van der Waals surface area contributed by atoms with Gasteiger partial charge in [-0.15, -0.1) is 0 Å². The van der Waals surface area contributed by atoms with Crippen LogP contribution in [0, 0.1) is 5.41 Å². The summed E-state index contributed by atoms with van der Waals surface area (Å²) in [6.45, 7) is 7.52. The fourth-order valence-corrected chi connectivity index (χ4v) is 4.62. The zero-order valence-electron chi connectivity index (χ0n) is 26.9. The van der Waals surface area contributed by atoms with Gasteiger partial charge in [0.2, 0.25) is 0 Å². The number of fused-ring (bicyclic) bond motifs is 1. The Morgan fingerprint density at radius 1 is 1.04 bits per heavy atom. The number of ketones is 1. The minimum Gasteiger partial charge on any atom is -0.496 e. The highest BCUT2D eigenvalue weighted by Gasteiger charge is 2.38. The highest BCUT2D eigenvalue weighted by atomic mass is 19.4. The van der Waals surface area contributed by atoms with Crippen molar-refractivity contribution in [3.05, 3.63) is 57.6 Å². The van der Waals surface area contributed by atoms with Gasteiger partial charge in [0.1, 0.15) is 23.9 Å². The molecule has 0 saturated heterocycles. The van der Waals surface area contributed by atoms with Crippen molar-refractivity contribution in [1.82, 2.24) is 15.1 Å². The van der Waals surface area contributed by atoms with Crippen molar-refractivity contribution < 1.29 is 56.8 Å². The maximum absolute atomic E-state index is 13.6. The summed E-state index contributed by atoms with van der Waals surface area (Å²) in [4.78, 5) is 62.0. The lowest BCUT2D eigenvalue weighted by Gasteiger charge is -2.26. The number of Topliss-reactive ketones (excluding diaryl/α,β-unsaturated/α-hetero) is 1. The summed E-state index contributed by atoms with van der Waals surface area (Å²) >= 11 is 0. The van der Waals surface area contributed by atoms with Crippen molar-refractivity contribution in [2.75, 3.05) is 40.9 Å². The van der Waals surface area contributed by atoms with E-state index in [-0.39, 0.29) is 47.5 Å². The van der Waals surface area contributed by atoms with Gasteiger partial charge in [-0.2, -0.15) is 13.2 Å². The average molecular weight is 667 g/mol. The molecule has 4 N–H and O–H groups in total. The highest BCUT2D eigenvalue weighted by Crippen LogP contribution is 2.37. The van der Waals surface area contributed by atoms with Gasteiger partial charge in [-0.1, -0.05) is 20.8 Å². The van der Waals surface area contributed by atoms with Gasteiger partial charge in [-0.25, -0.2) is 4.79 Å². The van der Waals surface area contributed by atoms with Crippen LogP contribution in [0.25, 0.3) is 0 Å². The van der Waals surface area contributed by atoms with E-state index in [1.54, 1.807) is 23.1 Å². The molecule has 2 aromatic rings. The molecular formula is C31H37F3N4O9. The Morgan fingerprint density at radius 2 is 1.64 bits per heavy atom. The number of hydrogen-bond donors (Lipinski definition) is 4. The largest absolute Gasteiger partial charge is 0.496 e. The van der Waals surface area contributed by atoms with Crippen LogP contribution in [0.4, 0.5) is 13.2 Å². The summed E-state index contributed by atoms with van der Waals surface area (Å²) in [5, 5.41) is 27.6. The molecule has 3 rings (SSSR count). The van der Waals surface area contributed by atoms with Crippen LogP contribution in [-0.2, 0) is 21.5 Å². The zero-order valence-corrected chi connectivity index (χ0v) is 26.9. The number of amides is 2. The van der Waals surface area contributed by atoms with E-state index in [4.69, 9.17) is 29.9 Å². The Bertz CT molecular complexity index is 1580. The molecule has 13 nitrogen and oxygen atoms in total. The Morgan fingerprint density at radius 3 is 2.11 bits per heavy atom. The predicted molar refractivity (Wildman–Crippen MR) is 163 cm³/mol. The number of carbonyl (C=O) groups is 5. The molecule has 1 aliphatic heterocycles. The number of rotatable bonds is 10. The summed E-state index contributed by atoms with van der Waals surface area (Å²) in [6.07, 6.45) is -5.08. The summed E-state index contributed by atoms with van der Waals surface area (Å²) in [5.41, 5.74) is 2.02. The molecule has 0 radical (unpaired) electrons. The van der Waals surface area contributed by atoms with Crippen molar-refractivity contribution in [1.29, 1.82) is 5.41 Å². The first-order valence-corrected chi connectivity index (χ1v) is 14.1. The summed E-state index contributed by atoms with van der Waals surface area (Å²) < 4.78 is 43.0. The van der Waals surface area contributed by atoms with Gasteiger partial charge < -0.3 is 34.8 Å². The van der Waals surface area contributed by atoms with E-state index in [0.29, 0.717) is 29.0 Å². The first-order valence-electron chi connectivity index (χ1n) is 14.1. The van der Waals surface area contributed by atoms with Crippen LogP contribution in [0.1, 0.15) is 75.5 Å². The number of nitrogens with zero attached hydrogens (tertiary/aromatic N) is 2. The van der Waals surface area contributed by atoms with Crippen molar-refractivity contribution >= 4 is 35.4 Å². The van der Waals surface area contributed by atoms with Gasteiger partial charge in [-0.3, -0.25) is 24.6 Å². The number of amidine groups is 1. The minimum absolute atomic E-state index is 0.0818. The smallest absolute Gasteiger partial charge is 0.490 e. The number of ether oxygens (including phenoxy) is 2.